The number of hydrogen-bond acceptors (Lipinski definition) is 3. The van der Waals surface area contributed by atoms with Gasteiger partial charge in [-0.3, -0.25) is 4.98 Å². The summed E-state index contributed by atoms with van der Waals surface area (Å²) in [6.45, 7) is 2.37. The summed E-state index contributed by atoms with van der Waals surface area (Å²) in [7, 11) is 0. The number of hydrogen-bond donors (Lipinski definition) is 1. The van der Waals surface area contributed by atoms with E-state index in [0.717, 1.165) is 0 Å². The minimum Gasteiger partial charge on any atom is -0.492 e. The van der Waals surface area contributed by atoms with Crippen LogP contribution in [-0.2, 0) is 0 Å². The Morgan fingerprint density at radius 2 is 2.11 bits per heavy atom. The Bertz CT molecular complexity index is 613. The predicted molar refractivity (Wildman–Crippen MR) is 67.8 cm³/mol. The van der Waals surface area contributed by atoms with Crippen LogP contribution in [0.4, 0.5) is 4.39 Å². The minimum absolute atomic E-state index is 0.349. The smallest absolute Gasteiger partial charge is 0.338 e. The maximum atomic E-state index is 13.6. The molecule has 0 saturated heterocycles. The van der Waals surface area contributed by atoms with E-state index in [1.54, 1.807) is 24.5 Å². The fourth-order valence-corrected chi connectivity index (χ4v) is 1.69. The summed E-state index contributed by atoms with van der Waals surface area (Å²) in [5.41, 5.74) is 0.871. The topological polar surface area (TPSA) is 59.4 Å². The number of aromatic nitrogens is 1. The van der Waals surface area contributed by atoms with Crippen molar-refractivity contribution in [2.24, 2.45) is 0 Å². The molecule has 0 amide bonds. The summed E-state index contributed by atoms with van der Waals surface area (Å²) in [5, 5.41) is 8.77. The van der Waals surface area contributed by atoms with Gasteiger partial charge in [0.05, 0.1) is 18.4 Å². The standard InChI is InChI=1S/C14H12FNO3/c1-2-19-11-5-10(7-16-8-11)9-3-4-12(14(17)18)13(15)6-9/h3-8H,2H2,1H3,(H,17,18). The highest BCUT2D eigenvalue weighted by atomic mass is 19.1. The normalized spacial score (nSPS) is 10.2. The van der Waals surface area contributed by atoms with Crippen LogP contribution in [0.15, 0.2) is 36.7 Å². The predicted octanol–water partition coefficient (Wildman–Crippen LogP) is 2.98. The second kappa shape index (κ2) is 5.48. The number of aromatic carboxylic acids is 1. The Balaban J connectivity index is 2.39. The van der Waals surface area contributed by atoms with Crippen molar-refractivity contribution in [1.82, 2.24) is 4.98 Å². The summed E-state index contributed by atoms with van der Waals surface area (Å²) in [6, 6.07) is 5.68. The first kappa shape index (κ1) is 13.0. The minimum atomic E-state index is -1.29. The second-order valence-electron chi connectivity index (χ2n) is 3.84. The van der Waals surface area contributed by atoms with Gasteiger partial charge >= 0.3 is 5.97 Å². The lowest BCUT2D eigenvalue weighted by molar-refractivity contribution is 0.0692. The molecule has 5 heteroatoms. The molecule has 98 valence electrons. The first-order valence-corrected chi connectivity index (χ1v) is 5.73. The largest absolute Gasteiger partial charge is 0.492 e. The highest BCUT2D eigenvalue weighted by Crippen LogP contribution is 2.24. The van der Waals surface area contributed by atoms with Crippen LogP contribution in [0.25, 0.3) is 11.1 Å². The van der Waals surface area contributed by atoms with Crippen molar-refractivity contribution in [2.75, 3.05) is 6.61 Å². The van der Waals surface area contributed by atoms with Crippen LogP contribution < -0.4 is 4.74 Å². The van der Waals surface area contributed by atoms with Gasteiger partial charge in [-0.1, -0.05) is 6.07 Å². The van der Waals surface area contributed by atoms with Gasteiger partial charge in [-0.2, -0.15) is 0 Å². The quantitative estimate of drug-likeness (QED) is 0.919. The van der Waals surface area contributed by atoms with Gasteiger partial charge in [0.2, 0.25) is 0 Å². The number of rotatable bonds is 4. The maximum Gasteiger partial charge on any atom is 0.338 e. The van der Waals surface area contributed by atoms with Crippen molar-refractivity contribution in [3.8, 4) is 16.9 Å². The molecule has 1 aromatic heterocycles. The first-order chi connectivity index (χ1) is 9.11. The van der Waals surface area contributed by atoms with E-state index in [1.807, 2.05) is 6.92 Å². The molecule has 0 atom stereocenters. The first-order valence-electron chi connectivity index (χ1n) is 5.73. The number of ether oxygens (including phenoxy) is 1. The molecule has 0 bridgehead atoms. The summed E-state index contributed by atoms with van der Waals surface area (Å²) < 4.78 is 18.9. The van der Waals surface area contributed by atoms with Gasteiger partial charge in [0, 0.05) is 11.8 Å². The number of carbonyl (C=O) groups is 1. The zero-order valence-corrected chi connectivity index (χ0v) is 10.3. The van der Waals surface area contributed by atoms with E-state index in [0.29, 0.717) is 23.5 Å². The fourth-order valence-electron chi connectivity index (χ4n) is 1.69. The molecule has 0 aliphatic heterocycles. The summed E-state index contributed by atoms with van der Waals surface area (Å²) in [4.78, 5) is 14.7. The van der Waals surface area contributed by atoms with Crippen molar-refractivity contribution >= 4 is 5.97 Å². The van der Waals surface area contributed by atoms with Gasteiger partial charge in [0.25, 0.3) is 0 Å². The molecule has 1 heterocycles. The van der Waals surface area contributed by atoms with E-state index < -0.39 is 11.8 Å². The highest BCUT2D eigenvalue weighted by molar-refractivity contribution is 5.88. The zero-order valence-electron chi connectivity index (χ0n) is 10.3. The van der Waals surface area contributed by atoms with E-state index >= 15 is 0 Å². The lowest BCUT2D eigenvalue weighted by Crippen LogP contribution is -2.00. The lowest BCUT2D eigenvalue weighted by Gasteiger charge is -2.06. The molecule has 0 spiro atoms. The number of benzene rings is 1. The van der Waals surface area contributed by atoms with E-state index in [2.05, 4.69) is 4.98 Å². The number of carboxylic acid groups (broad SMARTS) is 1. The van der Waals surface area contributed by atoms with Crippen LogP contribution >= 0.6 is 0 Å². The second-order valence-corrected chi connectivity index (χ2v) is 3.84. The lowest BCUT2D eigenvalue weighted by atomic mass is 10.0. The Morgan fingerprint density at radius 1 is 1.32 bits per heavy atom. The van der Waals surface area contributed by atoms with Gasteiger partial charge in [-0.15, -0.1) is 0 Å². The molecule has 19 heavy (non-hydrogen) atoms. The van der Waals surface area contributed by atoms with E-state index in [1.165, 1.54) is 12.1 Å². The molecule has 0 aliphatic carbocycles. The average Bonchev–Trinajstić information content (AvgIpc) is 2.39. The average molecular weight is 261 g/mol. The Morgan fingerprint density at radius 3 is 2.74 bits per heavy atom. The Hall–Kier alpha value is -2.43. The highest BCUT2D eigenvalue weighted by Gasteiger charge is 2.11. The van der Waals surface area contributed by atoms with Crippen molar-refractivity contribution < 1.29 is 19.0 Å². The van der Waals surface area contributed by atoms with E-state index in [4.69, 9.17) is 9.84 Å². The van der Waals surface area contributed by atoms with Crippen LogP contribution in [0.1, 0.15) is 17.3 Å². The van der Waals surface area contributed by atoms with Gasteiger partial charge in [-0.05, 0) is 30.7 Å². The molecule has 0 unspecified atom stereocenters. The van der Waals surface area contributed by atoms with Gasteiger partial charge in [0.15, 0.2) is 0 Å². The number of nitrogens with zero attached hydrogens (tertiary/aromatic N) is 1. The summed E-state index contributed by atoms with van der Waals surface area (Å²) in [6.07, 6.45) is 3.13. The molecule has 0 saturated carbocycles. The molecular weight excluding hydrogens is 249 g/mol. The van der Waals surface area contributed by atoms with Crippen LogP contribution in [0.5, 0.6) is 5.75 Å². The third kappa shape index (κ3) is 2.88. The third-order valence-electron chi connectivity index (χ3n) is 2.56. The Kier molecular flexibility index (Phi) is 3.75. The monoisotopic (exact) mass is 261 g/mol. The molecule has 1 aromatic carbocycles. The molecule has 4 nitrogen and oxygen atoms in total. The van der Waals surface area contributed by atoms with Crippen LogP contribution in [0.2, 0.25) is 0 Å². The summed E-state index contributed by atoms with van der Waals surface area (Å²) >= 11 is 0. The van der Waals surface area contributed by atoms with Gasteiger partial charge < -0.3 is 9.84 Å². The van der Waals surface area contributed by atoms with Gasteiger partial charge in [0.1, 0.15) is 11.6 Å². The van der Waals surface area contributed by atoms with E-state index in [9.17, 15) is 9.18 Å². The van der Waals surface area contributed by atoms with Crippen LogP contribution in [-0.4, -0.2) is 22.7 Å². The van der Waals surface area contributed by atoms with Crippen molar-refractivity contribution in [2.45, 2.75) is 6.92 Å². The Labute approximate surface area is 109 Å². The zero-order chi connectivity index (χ0) is 13.8. The number of carboxylic acids is 1. The maximum absolute atomic E-state index is 13.6. The van der Waals surface area contributed by atoms with Crippen LogP contribution in [0, 0.1) is 5.82 Å². The third-order valence-corrected chi connectivity index (χ3v) is 2.56. The van der Waals surface area contributed by atoms with Crippen molar-refractivity contribution in [3.63, 3.8) is 0 Å². The fraction of sp³-hybridized carbons (Fsp3) is 0.143. The number of halogens is 1. The van der Waals surface area contributed by atoms with Crippen LogP contribution in [0.3, 0.4) is 0 Å². The van der Waals surface area contributed by atoms with Gasteiger partial charge in [-0.25, -0.2) is 9.18 Å². The van der Waals surface area contributed by atoms with E-state index in [-0.39, 0.29) is 5.56 Å². The molecule has 2 aromatic rings. The molecule has 0 aliphatic rings. The summed E-state index contributed by atoms with van der Waals surface area (Å²) in [5.74, 6) is -1.47. The van der Waals surface area contributed by atoms with Crippen molar-refractivity contribution in [3.05, 3.63) is 48.0 Å². The SMILES string of the molecule is CCOc1cncc(-c2ccc(C(=O)O)c(F)c2)c1. The van der Waals surface area contributed by atoms with Crippen molar-refractivity contribution in [1.29, 1.82) is 0 Å². The molecule has 2 rings (SSSR count). The molecule has 1 N–H and O–H groups in total. The number of pyridine rings is 1. The molecular formula is C14H12FNO3. The molecule has 0 radical (unpaired) electrons. The molecule has 0 fully saturated rings.